The first-order chi connectivity index (χ1) is 11.4. The summed E-state index contributed by atoms with van der Waals surface area (Å²) in [6.07, 6.45) is -1.14. The van der Waals surface area contributed by atoms with E-state index in [1.807, 2.05) is 13.8 Å². The Morgan fingerprint density at radius 1 is 1.46 bits per heavy atom. The molecule has 0 unspecified atom stereocenters. The van der Waals surface area contributed by atoms with Crippen LogP contribution in [0.15, 0.2) is 24.3 Å². The van der Waals surface area contributed by atoms with Gasteiger partial charge in [-0.1, -0.05) is 6.07 Å². The fraction of sp³-hybridized carbons (Fsp3) is 0.412. The number of aromatic amines is 1. The molecule has 1 aliphatic rings. The number of β-amino-alcohol motifs (C(OH)–C–C–N with tert-alkyl or cyclic N) is 1. The number of amides is 1. The summed E-state index contributed by atoms with van der Waals surface area (Å²) in [5.41, 5.74) is 2.55. The summed E-state index contributed by atoms with van der Waals surface area (Å²) in [5.74, 6) is -0.152. The normalized spacial score (nSPS) is 20.4. The maximum Gasteiger partial charge on any atom is 0.227 e. The van der Waals surface area contributed by atoms with E-state index in [0.29, 0.717) is 5.75 Å². The van der Waals surface area contributed by atoms with Crippen LogP contribution in [0.2, 0.25) is 0 Å². The van der Waals surface area contributed by atoms with E-state index in [0.717, 1.165) is 17.0 Å². The van der Waals surface area contributed by atoms with Crippen LogP contribution in [-0.2, 0) is 11.2 Å². The predicted molar refractivity (Wildman–Crippen MR) is 85.2 cm³/mol. The van der Waals surface area contributed by atoms with Crippen molar-refractivity contribution in [2.45, 2.75) is 32.5 Å². The molecule has 24 heavy (non-hydrogen) atoms. The van der Waals surface area contributed by atoms with Gasteiger partial charge in [0.15, 0.2) is 0 Å². The van der Waals surface area contributed by atoms with Gasteiger partial charge in [0.1, 0.15) is 23.8 Å². The molecule has 6 nitrogen and oxygen atoms in total. The molecule has 3 rings (SSSR count). The van der Waals surface area contributed by atoms with Crippen LogP contribution in [0.5, 0.6) is 5.75 Å². The molecule has 128 valence electrons. The third kappa shape index (κ3) is 3.41. The molecule has 1 aliphatic heterocycles. The summed E-state index contributed by atoms with van der Waals surface area (Å²) in [4.78, 5) is 14.0. The Morgan fingerprint density at radius 3 is 2.92 bits per heavy atom. The number of nitrogens with zero attached hydrogens (tertiary/aromatic N) is 2. The maximum absolute atomic E-state index is 13.2. The van der Waals surface area contributed by atoms with E-state index in [1.54, 1.807) is 17.0 Å². The summed E-state index contributed by atoms with van der Waals surface area (Å²) in [7, 11) is 0. The zero-order valence-electron chi connectivity index (χ0n) is 13.6. The third-order valence-electron chi connectivity index (χ3n) is 4.28. The van der Waals surface area contributed by atoms with E-state index in [2.05, 4.69) is 10.2 Å². The highest BCUT2D eigenvalue weighted by Crippen LogP contribution is 2.21. The Bertz CT molecular complexity index is 727. The van der Waals surface area contributed by atoms with Gasteiger partial charge in [-0.2, -0.15) is 5.10 Å². The van der Waals surface area contributed by atoms with Crippen molar-refractivity contribution in [1.82, 2.24) is 15.1 Å². The molecule has 2 atom stereocenters. The highest BCUT2D eigenvalue weighted by atomic mass is 19.1. The number of carbonyl (C=O) groups excluding carboxylic acids is 1. The number of aromatic nitrogens is 2. The van der Waals surface area contributed by atoms with Crippen LogP contribution in [0.25, 0.3) is 0 Å². The van der Waals surface area contributed by atoms with Gasteiger partial charge in [-0.15, -0.1) is 0 Å². The number of benzene rings is 1. The van der Waals surface area contributed by atoms with Crippen molar-refractivity contribution in [3.8, 4) is 5.75 Å². The molecular formula is C17H20FN3O3. The van der Waals surface area contributed by atoms with Gasteiger partial charge in [0, 0.05) is 17.3 Å². The van der Waals surface area contributed by atoms with E-state index in [4.69, 9.17) is 4.74 Å². The maximum atomic E-state index is 13.2. The lowest BCUT2D eigenvalue weighted by molar-refractivity contribution is -0.129. The molecule has 1 aromatic heterocycles. The molecule has 0 spiro atoms. The monoisotopic (exact) mass is 333 g/mol. The summed E-state index contributed by atoms with van der Waals surface area (Å²) in [5, 5.41) is 17.1. The SMILES string of the molecule is Cc1n[nH]c(C)c1CC(=O)N1C[C@@H](O)[C@H](Oc2cccc(F)c2)C1. The van der Waals surface area contributed by atoms with Crippen LogP contribution in [-0.4, -0.2) is 51.4 Å². The number of aryl methyl sites for hydroxylation is 2. The first-order valence-corrected chi connectivity index (χ1v) is 7.82. The highest BCUT2D eigenvalue weighted by Gasteiger charge is 2.35. The number of hydrogen-bond acceptors (Lipinski definition) is 4. The quantitative estimate of drug-likeness (QED) is 0.885. The molecule has 2 N–H and O–H groups in total. The molecule has 1 fully saturated rings. The lowest BCUT2D eigenvalue weighted by Gasteiger charge is -2.17. The molecule has 1 amide bonds. The molecule has 0 bridgehead atoms. The average molecular weight is 333 g/mol. The van der Waals surface area contributed by atoms with E-state index < -0.39 is 18.0 Å². The Labute approximate surface area is 139 Å². The van der Waals surface area contributed by atoms with Crippen molar-refractivity contribution >= 4 is 5.91 Å². The lowest BCUT2D eigenvalue weighted by Crippen LogP contribution is -2.32. The Kier molecular flexibility index (Phi) is 4.53. The zero-order chi connectivity index (χ0) is 17.3. The van der Waals surface area contributed by atoms with E-state index >= 15 is 0 Å². The zero-order valence-corrected chi connectivity index (χ0v) is 13.6. The van der Waals surface area contributed by atoms with Gasteiger partial charge in [-0.3, -0.25) is 9.89 Å². The van der Waals surface area contributed by atoms with Crippen LogP contribution in [0.3, 0.4) is 0 Å². The van der Waals surface area contributed by atoms with Gasteiger partial charge in [0.2, 0.25) is 5.91 Å². The van der Waals surface area contributed by atoms with Gasteiger partial charge in [-0.05, 0) is 26.0 Å². The van der Waals surface area contributed by atoms with Crippen LogP contribution in [0.1, 0.15) is 17.0 Å². The second-order valence-corrected chi connectivity index (χ2v) is 6.07. The van der Waals surface area contributed by atoms with Gasteiger partial charge in [0.05, 0.1) is 25.2 Å². The largest absolute Gasteiger partial charge is 0.486 e. The van der Waals surface area contributed by atoms with Crippen molar-refractivity contribution in [1.29, 1.82) is 0 Å². The molecule has 7 heteroatoms. The topological polar surface area (TPSA) is 78.5 Å². The van der Waals surface area contributed by atoms with E-state index in [1.165, 1.54) is 12.1 Å². The van der Waals surface area contributed by atoms with Crippen LogP contribution in [0.4, 0.5) is 4.39 Å². The smallest absolute Gasteiger partial charge is 0.227 e. The Morgan fingerprint density at radius 2 is 2.25 bits per heavy atom. The van der Waals surface area contributed by atoms with Crippen molar-refractivity contribution in [3.05, 3.63) is 47.0 Å². The number of ether oxygens (including phenoxy) is 1. The first-order valence-electron chi connectivity index (χ1n) is 7.82. The number of halogens is 1. The highest BCUT2D eigenvalue weighted by molar-refractivity contribution is 5.79. The first kappa shape index (κ1) is 16.4. The minimum Gasteiger partial charge on any atom is -0.486 e. The predicted octanol–water partition coefficient (Wildman–Crippen LogP) is 1.36. The number of aliphatic hydroxyl groups excluding tert-OH is 1. The molecular weight excluding hydrogens is 313 g/mol. The fourth-order valence-corrected chi connectivity index (χ4v) is 2.89. The van der Waals surface area contributed by atoms with Gasteiger partial charge >= 0.3 is 0 Å². The van der Waals surface area contributed by atoms with Crippen LogP contribution >= 0.6 is 0 Å². The Balaban J connectivity index is 1.63. The Hall–Kier alpha value is -2.41. The number of aliphatic hydroxyl groups is 1. The van der Waals surface area contributed by atoms with Crippen molar-refractivity contribution < 1.29 is 19.0 Å². The number of likely N-dealkylation sites (tertiary alicyclic amines) is 1. The van der Waals surface area contributed by atoms with Crippen molar-refractivity contribution in [2.24, 2.45) is 0 Å². The number of carbonyl (C=O) groups is 1. The van der Waals surface area contributed by atoms with Crippen molar-refractivity contribution in [3.63, 3.8) is 0 Å². The average Bonchev–Trinajstić information content (AvgIpc) is 3.05. The minimum atomic E-state index is -0.802. The second kappa shape index (κ2) is 6.60. The molecule has 1 aromatic carbocycles. The molecule has 1 saturated heterocycles. The molecule has 0 radical (unpaired) electrons. The van der Waals surface area contributed by atoms with Gasteiger partial charge < -0.3 is 14.7 Å². The number of H-pyrrole nitrogens is 1. The minimum absolute atomic E-state index is 0.0907. The standard InChI is InChI=1S/C17H20FN3O3/c1-10-14(11(2)20-19-10)7-17(23)21-8-15(22)16(9-21)24-13-5-3-4-12(18)6-13/h3-6,15-16,22H,7-9H2,1-2H3,(H,19,20)/t15-,16-/m1/s1. The molecule has 2 aromatic rings. The number of hydrogen-bond donors (Lipinski definition) is 2. The molecule has 2 heterocycles. The van der Waals surface area contributed by atoms with Crippen molar-refractivity contribution in [2.75, 3.05) is 13.1 Å². The summed E-state index contributed by atoms with van der Waals surface area (Å²) in [6, 6.07) is 5.75. The molecule has 0 aliphatic carbocycles. The third-order valence-corrected chi connectivity index (χ3v) is 4.28. The summed E-state index contributed by atoms with van der Waals surface area (Å²) < 4.78 is 18.8. The van der Waals surface area contributed by atoms with Gasteiger partial charge in [0.25, 0.3) is 0 Å². The fourth-order valence-electron chi connectivity index (χ4n) is 2.89. The van der Waals surface area contributed by atoms with E-state index in [-0.39, 0.29) is 25.4 Å². The van der Waals surface area contributed by atoms with Gasteiger partial charge in [-0.25, -0.2) is 4.39 Å². The lowest BCUT2D eigenvalue weighted by atomic mass is 10.1. The number of rotatable bonds is 4. The molecule has 0 saturated carbocycles. The number of nitrogens with one attached hydrogen (secondary N) is 1. The van der Waals surface area contributed by atoms with E-state index in [9.17, 15) is 14.3 Å². The van der Waals surface area contributed by atoms with Crippen LogP contribution < -0.4 is 4.74 Å². The summed E-state index contributed by atoms with van der Waals surface area (Å²) in [6.45, 7) is 4.19. The second-order valence-electron chi connectivity index (χ2n) is 6.07. The summed E-state index contributed by atoms with van der Waals surface area (Å²) >= 11 is 0. The van der Waals surface area contributed by atoms with Crippen LogP contribution in [0, 0.1) is 19.7 Å².